The van der Waals surface area contributed by atoms with Crippen LogP contribution in [0.4, 0.5) is 0 Å². The van der Waals surface area contributed by atoms with Crippen molar-refractivity contribution in [3.05, 3.63) is 34.3 Å². The van der Waals surface area contributed by atoms with Gasteiger partial charge in [-0.2, -0.15) is 0 Å². The molecule has 1 rings (SSSR count). The smallest absolute Gasteiger partial charge is 0.306 e. The van der Waals surface area contributed by atoms with Gasteiger partial charge in [-0.25, -0.2) is 0 Å². The number of benzene rings is 1. The van der Waals surface area contributed by atoms with Crippen molar-refractivity contribution in [1.29, 1.82) is 0 Å². The van der Waals surface area contributed by atoms with Crippen molar-refractivity contribution < 1.29 is 19.4 Å². The molecule has 1 aromatic rings. The van der Waals surface area contributed by atoms with Gasteiger partial charge in [-0.3, -0.25) is 9.59 Å². The molecule has 0 radical (unpaired) electrons. The normalized spacial score (nSPS) is 12.0. The average Bonchev–Trinajstić information content (AvgIpc) is 2.75. The van der Waals surface area contributed by atoms with Gasteiger partial charge in [0.05, 0.1) is 6.42 Å². The fourth-order valence-electron chi connectivity index (χ4n) is 3.51. The van der Waals surface area contributed by atoms with Crippen molar-refractivity contribution in [2.45, 2.75) is 90.4 Å². The molecule has 0 amide bonds. The lowest BCUT2D eigenvalue weighted by Crippen LogP contribution is -2.18. The van der Waals surface area contributed by atoms with E-state index in [1.54, 1.807) is 24.3 Å². The van der Waals surface area contributed by atoms with Crippen molar-refractivity contribution in [3.63, 3.8) is 0 Å². The maximum Gasteiger partial charge on any atom is 0.306 e. The molecular weight excluding hydrogens is 444 g/mol. The molecule has 1 aromatic carbocycles. The summed E-state index contributed by atoms with van der Waals surface area (Å²) in [6.45, 7) is 1.97. The number of ketones is 1. The fourth-order valence-corrected chi connectivity index (χ4v) is 3.78. The molecule has 5 heteroatoms. The SMILES string of the molecule is CCCCCCCCCCCCC[C@@H](CO)CC(=O)OCC(=O)c1ccc(Br)cc1. The summed E-state index contributed by atoms with van der Waals surface area (Å²) in [5.74, 6) is -0.719. The predicted molar refractivity (Wildman–Crippen MR) is 126 cm³/mol. The zero-order valence-corrected chi connectivity index (χ0v) is 20.1. The van der Waals surface area contributed by atoms with E-state index in [1.165, 1.54) is 57.8 Å². The van der Waals surface area contributed by atoms with Crippen LogP contribution in [0.15, 0.2) is 28.7 Å². The number of Topliss-reactive ketones (excluding diaryl/α,β-unsaturated/α-hetero) is 1. The van der Waals surface area contributed by atoms with E-state index in [1.807, 2.05) is 0 Å². The van der Waals surface area contributed by atoms with Crippen LogP contribution in [-0.2, 0) is 9.53 Å². The standard InChI is InChI=1S/C25H39BrO4/c1-2-3-4-5-6-7-8-9-10-11-12-13-21(19-27)18-25(29)30-20-24(28)22-14-16-23(26)17-15-22/h14-17,21,27H,2-13,18-20H2,1H3/t21-/m1/s1. The van der Waals surface area contributed by atoms with Crippen molar-refractivity contribution in [3.8, 4) is 0 Å². The summed E-state index contributed by atoms with van der Waals surface area (Å²) in [5.41, 5.74) is 0.519. The third-order valence-corrected chi connectivity index (χ3v) is 5.99. The Kier molecular flexibility index (Phi) is 15.6. The minimum Gasteiger partial charge on any atom is -0.457 e. The van der Waals surface area contributed by atoms with E-state index >= 15 is 0 Å². The van der Waals surface area contributed by atoms with Crippen LogP contribution in [0.2, 0.25) is 0 Å². The van der Waals surface area contributed by atoms with Crippen molar-refractivity contribution in [2.75, 3.05) is 13.2 Å². The molecule has 0 spiro atoms. The van der Waals surface area contributed by atoms with Crippen LogP contribution >= 0.6 is 15.9 Å². The van der Waals surface area contributed by atoms with Crippen LogP contribution in [0.3, 0.4) is 0 Å². The lowest BCUT2D eigenvalue weighted by Gasteiger charge is -2.13. The van der Waals surface area contributed by atoms with Crippen LogP contribution in [0.25, 0.3) is 0 Å². The monoisotopic (exact) mass is 482 g/mol. The van der Waals surface area contributed by atoms with E-state index in [9.17, 15) is 14.7 Å². The van der Waals surface area contributed by atoms with Gasteiger partial charge in [0.15, 0.2) is 12.4 Å². The quantitative estimate of drug-likeness (QED) is 0.141. The number of aliphatic hydroxyl groups is 1. The topological polar surface area (TPSA) is 63.6 Å². The highest BCUT2D eigenvalue weighted by Gasteiger charge is 2.16. The molecule has 30 heavy (non-hydrogen) atoms. The minimum atomic E-state index is -0.414. The van der Waals surface area contributed by atoms with Crippen molar-refractivity contribution >= 4 is 27.7 Å². The molecule has 0 unspecified atom stereocenters. The second kappa shape index (κ2) is 17.5. The summed E-state index contributed by atoms with van der Waals surface area (Å²) >= 11 is 3.32. The summed E-state index contributed by atoms with van der Waals surface area (Å²) < 4.78 is 6.01. The summed E-state index contributed by atoms with van der Waals surface area (Å²) in [7, 11) is 0. The molecule has 1 atom stereocenters. The predicted octanol–water partition coefficient (Wildman–Crippen LogP) is 6.87. The first-order chi connectivity index (χ1) is 14.6. The first-order valence-electron chi connectivity index (χ1n) is 11.6. The third-order valence-electron chi connectivity index (χ3n) is 5.46. The number of aliphatic hydroxyl groups excluding tert-OH is 1. The molecule has 0 saturated heterocycles. The minimum absolute atomic E-state index is 0.0203. The molecular formula is C25H39BrO4. The van der Waals surface area contributed by atoms with Crippen LogP contribution in [-0.4, -0.2) is 30.1 Å². The molecule has 4 nitrogen and oxygen atoms in total. The van der Waals surface area contributed by atoms with E-state index in [2.05, 4.69) is 22.9 Å². The number of carbonyl (C=O) groups excluding carboxylic acids is 2. The zero-order chi connectivity index (χ0) is 22.0. The third kappa shape index (κ3) is 13.2. The number of carbonyl (C=O) groups is 2. The number of unbranched alkanes of at least 4 members (excludes halogenated alkanes) is 10. The highest BCUT2D eigenvalue weighted by molar-refractivity contribution is 9.10. The Morgan fingerprint density at radius 2 is 1.43 bits per heavy atom. The number of rotatable bonds is 18. The number of hydrogen-bond acceptors (Lipinski definition) is 4. The van der Waals surface area contributed by atoms with Crippen molar-refractivity contribution in [2.24, 2.45) is 5.92 Å². The highest BCUT2D eigenvalue weighted by Crippen LogP contribution is 2.17. The summed E-state index contributed by atoms with van der Waals surface area (Å²) in [6.07, 6.45) is 15.1. The first kappa shape index (κ1) is 26.8. The second-order valence-electron chi connectivity index (χ2n) is 8.17. The summed E-state index contributed by atoms with van der Waals surface area (Å²) in [6, 6.07) is 6.96. The largest absolute Gasteiger partial charge is 0.457 e. The Hall–Kier alpha value is -1.20. The molecule has 0 fully saturated rings. The summed E-state index contributed by atoms with van der Waals surface area (Å²) in [4.78, 5) is 24.1. The van der Waals surface area contributed by atoms with Gasteiger partial charge in [-0.1, -0.05) is 106 Å². The Labute approximate surface area is 190 Å². The van der Waals surface area contributed by atoms with Gasteiger partial charge in [-0.05, 0) is 24.5 Å². The maximum absolute atomic E-state index is 12.1. The van der Waals surface area contributed by atoms with Crippen LogP contribution in [0, 0.1) is 5.92 Å². The van der Waals surface area contributed by atoms with Crippen LogP contribution < -0.4 is 0 Å². The molecule has 0 saturated carbocycles. The Morgan fingerprint density at radius 3 is 1.97 bits per heavy atom. The van der Waals surface area contributed by atoms with Gasteiger partial charge < -0.3 is 9.84 Å². The average molecular weight is 483 g/mol. The molecule has 0 aromatic heterocycles. The van der Waals surface area contributed by atoms with Gasteiger partial charge in [-0.15, -0.1) is 0 Å². The van der Waals surface area contributed by atoms with E-state index in [0.717, 1.165) is 23.7 Å². The van der Waals surface area contributed by atoms with E-state index in [-0.39, 0.29) is 31.3 Å². The molecule has 1 N–H and O–H groups in total. The number of esters is 1. The fraction of sp³-hybridized carbons (Fsp3) is 0.680. The molecule has 0 aliphatic rings. The molecule has 0 aliphatic carbocycles. The molecule has 0 bridgehead atoms. The van der Waals surface area contributed by atoms with Crippen molar-refractivity contribution in [1.82, 2.24) is 0 Å². The summed E-state index contributed by atoms with van der Waals surface area (Å²) in [5, 5.41) is 9.54. The van der Waals surface area contributed by atoms with E-state index < -0.39 is 5.97 Å². The van der Waals surface area contributed by atoms with E-state index in [0.29, 0.717) is 5.56 Å². The number of hydrogen-bond donors (Lipinski definition) is 1. The van der Waals surface area contributed by atoms with Gasteiger partial charge in [0.25, 0.3) is 0 Å². The molecule has 0 aliphatic heterocycles. The Morgan fingerprint density at radius 1 is 0.900 bits per heavy atom. The van der Waals surface area contributed by atoms with Gasteiger partial charge in [0, 0.05) is 16.6 Å². The maximum atomic E-state index is 12.1. The van der Waals surface area contributed by atoms with Crippen LogP contribution in [0.5, 0.6) is 0 Å². The number of halogens is 1. The van der Waals surface area contributed by atoms with E-state index in [4.69, 9.17) is 4.74 Å². The first-order valence-corrected chi connectivity index (χ1v) is 12.4. The zero-order valence-electron chi connectivity index (χ0n) is 18.5. The van der Waals surface area contributed by atoms with Crippen LogP contribution in [0.1, 0.15) is 101 Å². The number of ether oxygens (including phenoxy) is 1. The molecule has 170 valence electrons. The Bertz CT molecular complexity index is 585. The van der Waals surface area contributed by atoms with Gasteiger partial charge >= 0.3 is 5.97 Å². The molecule has 0 heterocycles. The lowest BCUT2D eigenvalue weighted by molar-refractivity contribution is -0.144. The highest BCUT2D eigenvalue weighted by atomic mass is 79.9. The Balaban J connectivity index is 2.07. The van der Waals surface area contributed by atoms with Gasteiger partial charge in [0.1, 0.15) is 0 Å². The second-order valence-corrected chi connectivity index (χ2v) is 9.08. The lowest BCUT2D eigenvalue weighted by atomic mass is 9.97. The van der Waals surface area contributed by atoms with Gasteiger partial charge in [0.2, 0.25) is 0 Å².